The van der Waals surface area contributed by atoms with Crippen molar-refractivity contribution in [2.24, 2.45) is 0 Å². The molecule has 1 N–H and O–H groups in total. The molecule has 0 atom stereocenters. The first-order chi connectivity index (χ1) is 11.1. The summed E-state index contributed by atoms with van der Waals surface area (Å²) >= 11 is 0. The second kappa shape index (κ2) is 6.08. The minimum atomic E-state index is -0.477. The second-order valence-electron chi connectivity index (χ2n) is 5.36. The number of hydrogen-bond donors (Lipinski definition) is 1. The van der Waals surface area contributed by atoms with Gasteiger partial charge in [-0.05, 0) is 43.7 Å². The van der Waals surface area contributed by atoms with Crippen molar-refractivity contribution >= 4 is 11.4 Å². The SMILES string of the molecule is CCOc1ccc(Nc2c(-c3ccc(C)cc3)c(=O)c2=O)cc1. The molecular weight excluding hydrogens is 290 g/mol. The fraction of sp³-hybridized carbons (Fsp3) is 0.158. The molecule has 3 aromatic rings. The fourth-order valence-corrected chi connectivity index (χ4v) is 2.45. The van der Waals surface area contributed by atoms with Crippen LogP contribution in [0.15, 0.2) is 58.1 Å². The molecule has 0 radical (unpaired) electrons. The molecule has 0 unspecified atom stereocenters. The van der Waals surface area contributed by atoms with E-state index in [0.29, 0.717) is 17.9 Å². The van der Waals surface area contributed by atoms with E-state index in [-0.39, 0.29) is 0 Å². The van der Waals surface area contributed by atoms with Crippen molar-refractivity contribution in [3.05, 3.63) is 74.5 Å². The van der Waals surface area contributed by atoms with Gasteiger partial charge < -0.3 is 10.1 Å². The van der Waals surface area contributed by atoms with Gasteiger partial charge in [-0.2, -0.15) is 0 Å². The summed E-state index contributed by atoms with van der Waals surface area (Å²) in [6.07, 6.45) is 0. The van der Waals surface area contributed by atoms with E-state index in [9.17, 15) is 9.59 Å². The van der Waals surface area contributed by atoms with Gasteiger partial charge in [0.1, 0.15) is 11.4 Å². The van der Waals surface area contributed by atoms with Gasteiger partial charge in [0.05, 0.1) is 12.2 Å². The number of aryl methyl sites for hydroxylation is 1. The summed E-state index contributed by atoms with van der Waals surface area (Å²) in [6.45, 7) is 4.50. The van der Waals surface area contributed by atoms with Gasteiger partial charge in [-0.15, -0.1) is 0 Å². The largest absolute Gasteiger partial charge is 0.494 e. The Morgan fingerprint density at radius 3 is 2.17 bits per heavy atom. The minimum absolute atomic E-state index is 0.350. The average Bonchev–Trinajstić information content (AvgIpc) is 2.57. The zero-order chi connectivity index (χ0) is 16.4. The molecule has 116 valence electrons. The van der Waals surface area contributed by atoms with Gasteiger partial charge in [0, 0.05) is 5.69 Å². The Hall–Kier alpha value is -2.88. The van der Waals surface area contributed by atoms with Gasteiger partial charge in [0.2, 0.25) is 5.43 Å². The maximum atomic E-state index is 11.9. The third kappa shape index (κ3) is 2.88. The first-order valence-electron chi connectivity index (χ1n) is 7.50. The van der Waals surface area contributed by atoms with Crippen molar-refractivity contribution in [1.29, 1.82) is 0 Å². The van der Waals surface area contributed by atoms with Crippen LogP contribution in [0.25, 0.3) is 11.1 Å². The lowest BCUT2D eigenvalue weighted by molar-refractivity contribution is 0.340. The van der Waals surface area contributed by atoms with E-state index in [1.807, 2.05) is 62.4 Å². The van der Waals surface area contributed by atoms with Crippen LogP contribution in [0.4, 0.5) is 11.4 Å². The third-order valence-corrected chi connectivity index (χ3v) is 3.69. The van der Waals surface area contributed by atoms with Crippen LogP contribution in [-0.2, 0) is 0 Å². The number of ether oxygens (including phenoxy) is 1. The van der Waals surface area contributed by atoms with Crippen LogP contribution in [0.1, 0.15) is 12.5 Å². The monoisotopic (exact) mass is 307 g/mol. The smallest absolute Gasteiger partial charge is 0.250 e. The number of rotatable bonds is 5. The van der Waals surface area contributed by atoms with Crippen LogP contribution < -0.4 is 20.9 Å². The Bertz CT molecular complexity index is 886. The third-order valence-electron chi connectivity index (χ3n) is 3.69. The Kier molecular flexibility index (Phi) is 3.98. The van der Waals surface area contributed by atoms with Crippen molar-refractivity contribution in [3.63, 3.8) is 0 Å². The second-order valence-corrected chi connectivity index (χ2v) is 5.36. The Balaban J connectivity index is 1.89. The van der Waals surface area contributed by atoms with Gasteiger partial charge in [-0.1, -0.05) is 29.8 Å². The molecule has 3 rings (SSSR count). The lowest BCUT2D eigenvalue weighted by Crippen LogP contribution is -2.35. The molecule has 0 heterocycles. The topological polar surface area (TPSA) is 55.4 Å². The van der Waals surface area contributed by atoms with Crippen molar-refractivity contribution in [2.75, 3.05) is 11.9 Å². The number of nitrogens with one attached hydrogen (secondary N) is 1. The maximum absolute atomic E-state index is 11.9. The van der Waals surface area contributed by atoms with Crippen LogP contribution in [0.2, 0.25) is 0 Å². The average molecular weight is 307 g/mol. The predicted octanol–water partition coefficient (Wildman–Crippen LogP) is 3.40. The highest BCUT2D eigenvalue weighted by Gasteiger charge is 2.22. The van der Waals surface area contributed by atoms with E-state index in [2.05, 4.69) is 5.32 Å². The van der Waals surface area contributed by atoms with E-state index in [0.717, 1.165) is 22.6 Å². The molecule has 0 spiro atoms. The van der Waals surface area contributed by atoms with Crippen LogP contribution in [0.3, 0.4) is 0 Å². The number of hydrogen-bond acceptors (Lipinski definition) is 4. The summed E-state index contributed by atoms with van der Waals surface area (Å²) < 4.78 is 5.39. The first kappa shape index (κ1) is 15.0. The van der Waals surface area contributed by atoms with Crippen molar-refractivity contribution in [2.45, 2.75) is 13.8 Å². The summed E-state index contributed by atoms with van der Waals surface area (Å²) in [7, 11) is 0. The zero-order valence-corrected chi connectivity index (χ0v) is 13.1. The highest BCUT2D eigenvalue weighted by Crippen LogP contribution is 2.27. The van der Waals surface area contributed by atoms with E-state index >= 15 is 0 Å². The molecule has 4 heteroatoms. The molecule has 0 aliphatic rings. The van der Waals surface area contributed by atoms with E-state index in [4.69, 9.17) is 4.74 Å². The molecule has 0 fully saturated rings. The summed E-state index contributed by atoms with van der Waals surface area (Å²) in [5.41, 5.74) is 2.49. The molecule has 0 bridgehead atoms. The summed E-state index contributed by atoms with van der Waals surface area (Å²) in [5.74, 6) is 0.766. The molecule has 0 saturated carbocycles. The molecule has 0 aromatic heterocycles. The zero-order valence-electron chi connectivity index (χ0n) is 13.1. The maximum Gasteiger partial charge on any atom is 0.250 e. The van der Waals surface area contributed by atoms with Gasteiger partial charge in [0.25, 0.3) is 5.43 Å². The Labute approximate surface area is 134 Å². The lowest BCUT2D eigenvalue weighted by Gasteiger charge is -2.14. The van der Waals surface area contributed by atoms with Crippen LogP contribution in [0, 0.1) is 6.92 Å². The summed E-state index contributed by atoms with van der Waals surface area (Å²) in [5, 5.41) is 3.04. The van der Waals surface area contributed by atoms with Crippen molar-refractivity contribution in [1.82, 2.24) is 0 Å². The molecule has 0 saturated heterocycles. The molecule has 0 amide bonds. The molecule has 4 nitrogen and oxygen atoms in total. The highest BCUT2D eigenvalue weighted by molar-refractivity contribution is 5.84. The number of anilines is 2. The van der Waals surface area contributed by atoms with E-state index in [1.165, 1.54) is 0 Å². The Morgan fingerprint density at radius 2 is 1.57 bits per heavy atom. The molecule has 0 aliphatic carbocycles. The summed E-state index contributed by atoms with van der Waals surface area (Å²) in [6, 6.07) is 14.8. The molecular formula is C19H17NO3. The molecule has 0 aliphatic heterocycles. The Morgan fingerprint density at radius 1 is 0.913 bits per heavy atom. The van der Waals surface area contributed by atoms with Crippen LogP contribution in [-0.4, -0.2) is 6.61 Å². The quantitative estimate of drug-likeness (QED) is 0.734. The van der Waals surface area contributed by atoms with Gasteiger partial charge in [-0.3, -0.25) is 9.59 Å². The fourth-order valence-electron chi connectivity index (χ4n) is 2.45. The van der Waals surface area contributed by atoms with Crippen molar-refractivity contribution in [3.8, 4) is 16.9 Å². The normalized spacial score (nSPS) is 10.7. The molecule has 23 heavy (non-hydrogen) atoms. The van der Waals surface area contributed by atoms with Gasteiger partial charge >= 0.3 is 0 Å². The first-order valence-corrected chi connectivity index (χ1v) is 7.50. The predicted molar refractivity (Wildman–Crippen MR) is 92.4 cm³/mol. The number of benzene rings is 2. The lowest BCUT2D eigenvalue weighted by atomic mass is 9.97. The summed E-state index contributed by atoms with van der Waals surface area (Å²) in [4.78, 5) is 23.8. The van der Waals surface area contributed by atoms with Crippen LogP contribution >= 0.6 is 0 Å². The van der Waals surface area contributed by atoms with Crippen molar-refractivity contribution < 1.29 is 4.74 Å². The standard InChI is InChI=1S/C19H17NO3/c1-3-23-15-10-8-14(9-11-15)20-17-16(18(21)19(17)22)13-6-4-12(2)5-7-13/h4-11,20H,3H2,1-2H3. The molecule has 3 aromatic carbocycles. The van der Waals surface area contributed by atoms with Crippen LogP contribution in [0.5, 0.6) is 5.75 Å². The highest BCUT2D eigenvalue weighted by atomic mass is 16.5. The van der Waals surface area contributed by atoms with Gasteiger partial charge in [-0.25, -0.2) is 0 Å². The van der Waals surface area contributed by atoms with E-state index in [1.54, 1.807) is 0 Å². The minimum Gasteiger partial charge on any atom is -0.494 e. The van der Waals surface area contributed by atoms with Gasteiger partial charge in [0.15, 0.2) is 0 Å². The van der Waals surface area contributed by atoms with E-state index < -0.39 is 10.9 Å².